The minimum Gasteiger partial charge on any atom is -0.385 e. The third kappa shape index (κ3) is 7.41. The van der Waals surface area contributed by atoms with Gasteiger partial charge >= 0.3 is 0 Å². The molecule has 14 heteroatoms. The van der Waals surface area contributed by atoms with E-state index in [0.717, 1.165) is 87.8 Å². The molecule has 1 unspecified atom stereocenters. The van der Waals surface area contributed by atoms with Crippen LogP contribution in [0.1, 0.15) is 120 Å². The largest absolute Gasteiger partial charge is 0.385 e. The molecule has 3 saturated heterocycles. The molecule has 2 aromatic carbocycles. The highest BCUT2D eigenvalue weighted by molar-refractivity contribution is 6.05. The van der Waals surface area contributed by atoms with Crippen molar-refractivity contribution in [3.8, 4) is 0 Å². The van der Waals surface area contributed by atoms with E-state index < -0.39 is 17.6 Å². The molecule has 4 aromatic rings. The summed E-state index contributed by atoms with van der Waals surface area (Å²) in [6, 6.07) is 13.9. The van der Waals surface area contributed by atoms with Gasteiger partial charge < -0.3 is 20.2 Å². The van der Waals surface area contributed by atoms with Crippen molar-refractivity contribution < 1.29 is 24.3 Å². The van der Waals surface area contributed by atoms with E-state index in [1.165, 1.54) is 18.2 Å². The van der Waals surface area contributed by atoms with Gasteiger partial charge in [-0.2, -0.15) is 4.98 Å². The van der Waals surface area contributed by atoms with Gasteiger partial charge in [0.1, 0.15) is 11.7 Å². The van der Waals surface area contributed by atoms with Crippen LogP contribution in [0.2, 0.25) is 0 Å². The number of Topliss-reactive ketones (excluding diaryl/α,β-unsaturated/α-hetero) is 1. The topological polar surface area (TPSA) is 170 Å². The number of piperidine rings is 3. The van der Waals surface area contributed by atoms with Crippen molar-refractivity contribution in [3.05, 3.63) is 92.4 Å². The van der Waals surface area contributed by atoms with Crippen LogP contribution in [0.5, 0.6) is 0 Å². The van der Waals surface area contributed by atoms with Crippen LogP contribution >= 0.6 is 0 Å². The van der Waals surface area contributed by atoms with Gasteiger partial charge in [0.25, 0.3) is 11.5 Å². The van der Waals surface area contributed by atoms with E-state index in [-0.39, 0.29) is 53.8 Å². The minimum absolute atomic E-state index is 0.0427. The summed E-state index contributed by atoms with van der Waals surface area (Å²) in [6.07, 6.45) is 9.20. The molecular formula is C45H52N8O6. The molecule has 1 atom stereocenters. The smallest absolute Gasteiger partial charge is 0.263 e. The number of ketones is 1. The molecule has 3 amide bonds. The summed E-state index contributed by atoms with van der Waals surface area (Å²) in [7, 11) is 0. The van der Waals surface area contributed by atoms with Gasteiger partial charge in [0.2, 0.25) is 17.8 Å². The summed E-state index contributed by atoms with van der Waals surface area (Å²) in [5.41, 5.74) is 4.82. The summed E-state index contributed by atoms with van der Waals surface area (Å²) >= 11 is 0. The molecule has 4 aliphatic heterocycles. The first-order chi connectivity index (χ1) is 28.5. The number of amides is 3. The Morgan fingerprint density at radius 2 is 1.68 bits per heavy atom. The number of imide groups is 1. The quantitative estimate of drug-likeness (QED) is 0.158. The van der Waals surface area contributed by atoms with Crippen LogP contribution in [0, 0.1) is 6.92 Å². The van der Waals surface area contributed by atoms with Crippen molar-refractivity contribution in [1.82, 2.24) is 29.7 Å². The Morgan fingerprint density at radius 3 is 2.37 bits per heavy atom. The highest BCUT2D eigenvalue weighted by atomic mass is 16.3. The van der Waals surface area contributed by atoms with Gasteiger partial charge in [-0.1, -0.05) is 37.1 Å². The zero-order chi connectivity index (χ0) is 41.0. The van der Waals surface area contributed by atoms with E-state index in [0.29, 0.717) is 42.0 Å². The number of likely N-dealkylation sites (tertiary alicyclic amines) is 1. The average Bonchev–Trinajstić information content (AvgIpc) is 3.87. The number of aryl methyl sites for hydroxylation is 1. The monoisotopic (exact) mass is 800 g/mol. The van der Waals surface area contributed by atoms with Crippen molar-refractivity contribution in [2.75, 3.05) is 36.4 Å². The standard InChI is InChI=1S/C45H52N8O6/c1-27-36-24-46-44(49-40(36)53(34-5-3-4-6-34)43(58)39(27)28(2)54)47-32-15-19-51(20-16-32)33-10-7-29(8-11-33)25-50-21-17-45(59,18-22-50)31-9-12-35-30(23-31)26-52(42(35)57)37-13-14-38(55)48-41(37)56/h7-12,23-24,32,34,37,59H,3-6,13-22,25-26H2,1-2H3,(H,46,47,49)(H,48,55,56). The molecule has 14 nitrogen and oxygen atoms in total. The van der Waals surface area contributed by atoms with Gasteiger partial charge in [-0.05, 0) is 99.2 Å². The lowest BCUT2D eigenvalue weighted by Gasteiger charge is -2.39. The fraction of sp³-hybridized carbons (Fsp3) is 0.489. The Morgan fingerprint density at radius 1 is 0.949 bits per heavy atom. The average molecular weight is 801 g/mol. The van der Waals surface area contributed by atoms with Crippen LogP contribution in [-0.2, 0) is 28.3 Å². The molecule has 2 aromatic heterocycles. The number of anilines is 2. The van der Waals surface area contributed by atoms with E-state index in [1.807, 2.05) is 19.1 Å². The molecule has 0 spiro atoms. The molecule has 308 valence electrons. The van der Waals surface area contributed by atoms with Crippen LogP contribution in [-0.4, -0.2) is 91.2 Å². The zero-order valence-corrected chi connectivity index (χ0v) is 33.8. The number of aliphatic hydroxyl groups is 1. The molecule has 59 heavy (non-hydrogen) atoms. The molecule has 0 radical (unpaired) electrons. The summed E-state index contributed by atoms with van der Waals surface area (Å²) < 4.78 is 1.76. The number of carbonyl (C=O) groups excluding carboxylic acids is 4. The molecule has 9 rings (SSSR count). The van der Waals surface area contributed by atoms with Crippen LogP contribution in [0.3, 0.4) is 0 Å². The first-order valence-electron chi connectivity index (χ1n) is 21.2. The van der Waals surface area contributed by atoms with Crippen LogP contribution in [0.15, 0.2) is 53.5 Å². The van der Waals surface area contributed by atoms with Crippen molar-refractivity contribution >= 4 is 46.2 Å². The highest BCUT2D eigenvalue weighted by Crippen LogP contribution is 2.37. The second kappa shape index (κ2) is 15.6. The fourth-order valence-corrected chi connectivity index (χ4v) is 10.1. The third-order valence-corrected chi connectivity index (χ3v) is 13.5. The number of hydrogen-bond donors (Lipinski definition) is 3. The first-order valence-corrected chi connectivity index (χ1v) is 21.2. The second-order valence-corrected chi connectivity index (χ2v) is 17.3. The number of aromatic nitrogens is 3. The van der Waals surface area contributed by atoms with E-state index in [9.17, 15) is 29.1 Å². The van der Waals surface area contributed by atoms with Gasteiger partial charge in [-0.15, -0.1) is 0 Å². The highest BCUT2D eigenvalue weighted by Gasteiger charge is 2.41. The SMILES string of the molecule is CC(=O)c1c(C)c2cnc(NC3CCN(c4ccc(CN5CCC(O)(c6ccc7c(c6)CN(C6CCC(=O)NC6=O)C7=O)CC5)cc4)CC3)nc2n(C2CCCC2)c1=O. The van der Waals surface area contributed by atoms with Crippen molar-refractivity contribution in [2.24, 2.45) is 0 Å². The number of hydrogen-bond acceptors (Lipinski definition) is 11. The van der Waals surface area contributed by atoms with Crippen LogP contribution in [0.25, 0.3) is 11.0 Å². The van der Waals surface area contributed by atoms with Crippen LogP contribution < -0.4 is 21.1 Å². The lowest BCUT2D eigenvalue weighted by Crippen LogP contribution is -2.52. The predicted octanol–water partition coefficient (Wildman–Crippen LogP) is 4.74. The number of pyridine rings is 1. The van der Waals surface area contributed by atoms with E-state index in [2.05, 4.69) is 49.7 Å². The van der Waals surface area contributed by atoms with Gasteiger partial charge in [-0.25, -0.2) is 4.98 Å². The van der Waals surface area contributed by atoms with Crippen molar-refractivity contribution in [1.29, 1.82) is 0 Å². The summed E-state index contributed by atoms with van der Waals surface area (Å²) in [6.45, 7) is 7.58. The van der Waals surface area contributed by atoms with E-state index in [4.69, 9.17) is 4.98 Å². The number of fused-ring (bicyclic) bond motifs is 2. The normalized spacial score (nSPS) is 21.6. The van der Waals surface area contributed by atoms with Crippen molar-refractivity contribution in [2.45, 2.75) is 115 Å². The van der Waals surface area contributed by atoms with Gasteiger partial charge in [-0.3, -0.25) is 38.8 Å². The van der Waals surface area contributed by atoms with E-state index >= 15 is 0 Å². The van der Waals surface area contributed by atoms with Crippen LogP contribution in [0.4, 0.5) is 11.6 Å². The minimum atomic E-state index is -1.00. The summed E-state index contributed by atoms with van der Waals surface area (Å²) in [5.74, 6) is -0.657. The lowest BCUT2D eigenvalue weighted by atomic mass is 9.83. The molecule has 0 bridgehead atoms. The Bertz CT molecular complexity index is 2390. The number of rotatable bonds is 9. The van der Waals surface area contributed by atoms with E-state index in [1.54, 1.807) is 21.7 Å². The molecule has 1 aliphatic carbocycles. The Labute approximate surface area is 343 Å². The molecule has 3 N–H and O–H groups in total. The second-order valence-electron chi connectivity index (χ2n) is 17.3. The maximum atomic E-state index is 13.6. The van der Waals surface area contributed by atoms with Gasteiger partial charge in [0, 0.05) is 80.6 Å². The van der Waals surface area contributed by atoms with Crippen molar-refractivity contribution in [3.63, 3.8) is 0 Å². The zero-order valence-electron chi connectivity index (χ0n) is 33.8. The first kappa shape index (κ1) is 39.0. The number of carbonyl (C=O) groups is 4. The Kier molecular flexibility index (Phi) is 10.3. The third-order valence-electron chi connectivity index (χ3n) is 13.5. The predicted molar refractivity (Wildman–Crippen MR) is 222 cm³/mol. The lowest BCUT2D eigenvalue weighted by molar-refractivity contribution is -0.136. The molecule has 1 saturated carbocycles. The maximum absolute atomic E-state index is 13.6. The van der Waals surface area contributed by atoms with Gasteiger partial charge in [0.15, 0.2) is 5.78 Å². The number of nitrogens with one attached hydrogen (secondary N) is 2. The Balaban J connectivity index is 0.780. The molecule has 5 aliphatic rings. The fourth-order valence-electron chi connectivity index (χ4n) is 10.1. The number of nitrogens with zero attached hydrogens (tertiary/aromatic N) is 6. The number of benzene rings is 2. The Hall–Kier alpha value is -5.47. The molecule has 4 fully saturated rings. The molecule has 6 heterocycles. The van der Waals surface area contributed by atoms with Gasteiger partial charge in [0.05, 0.1) is 11.2 Å². The molecular weight excluding hydrogens is 749 g/mol. The maximum Gasteiger partial charge on any atom is 0.263 e. The summed E-state index contributed by atoms with van der Waals surface area (Å²) in [4.78, 5) is 79.2. The summed E-state index contributed by atoms with van der Waals surface area (Å²) in [5, 5.41) is 18.4.